The lowest BCUT2D eigenvalue weighted by molar-refractivity contribution is -0.122. The van der Waals surface area contributed by atoms with Crippen LogP contribution in [0.2, 0.25) is 2.82 Å². The van der Waals surface area contributed by atoms with Gasteiger partial charge in [0.25, 0.3) is 0 Å². The predicted molar refractivity (Wildman–Crippen MR) is 113 cm³/mol. The summed E-state index contributed by atoms with van der Waals surface area (Å²) < 4.78 is 45.7. The van der Waals surface area contributed by atoms with Crippen LogP contribution < -0.4 is 25.8 Å². The zero-order valence-electron chi connectivity index (χ0n) is 21.1. The summed E-state index contributed by atoms with van der Waals surface area (Å²) >= 11 is 0. The predicted octanol–water partition coefficient (Wildman–Crippen LogP) is 2.06. The Bertz CT molecular complexity index is 992. The highest BCUT2D eigenvalue weighted by atomic mass is 16.5. The zero-order chi connectivity index (χ0) is 24.9. The number of nitrogens with zero attached hydrogens (tertiary/aromatic N) is 2. The fourth-order valence-electron chi connectivity index (χ4n) is 2.92. The van der Waals surface area contributed by atoms with Crippen molar-refractivity contribution >= 4 is 23.3 Å². The zero-order valence-corrected chi connectivity index (χ0v) is 16.1. The van der Waals surface area contributed by atoms with Gasteiger partial charge in [-0.1, -0.05) is 30.3 Å². The van der Waals surface area contributed by atoms with Crippen molar-refractivity contribution < 1.29 is 21.3 Å². The minimum absolute atomic E-state index is 0.0838. The number of carbonyl (C=O) groups is 2. The molecular weight excluding hydrogens is 370 g/mol. The Morgan fingerprint density at radius 3 is 2.45 bits per heavy atom. The van der Waals surface area contributed by atoms with Gasteiger partial charge in [0.2, 0.25) is 5.91 Å². The van der Waals surface area contributed by atoms with Crippen LogP contribution in [0.5, 0.6) is 5.75 Å². The fraction of sp³-hybridized carbons (Fsp3) is 0.333. The van der Waals surface area contributed by atoms with Gasteiger partial charge in [-0.15, -0.1) is 0 Å². The quantitative estimate of drug-likeness (QED) is 0.644. The number of para-hydroxylation sites is 3. The molecule has 1 aliphatic rings. The summed E-state index contributed by atoms with van der Waals surface area (Å²) in [5.74, 6) is -0.782. The number of hydrazine groups is 1. The molecule has 3 N–H and O–H groups in total. The molecule has 3 rings (SSSR count). The highest BCUT2D eigenvalue weighted by Crippen LogP contribution is 2.28. The summed E-state index contributed by atoms with van der Waals surface area (Å²) in [5.41, 5.74) is 0.974. The number of rotatable bonds is 6. The number of amides is 3. The maximum absolute atomic E-state index is 12.7. The van der Waals surface area contributed by atoms with E-state index in [4.69, 9.17) is 11.7 Å². The van der Waals surface area contributed by atoms with Gasteiger partial charge in [-0.25, -0.2) is 10.2 Å². The van der Waals surface area contributed by atoms with Gasteiger partial charge < -0.3 is 15.0 Å². The fourth-order valence-corrected chi connectivity index (χ4v) is 2.92. The van der Waals surface area contributed by atoms with E-state index in [1.54, 1.807) is 37.4 Å². The molecule has 154 valence electrons. The maximum Gasteiger partial charge on any atom is 0.337 e. The molecule has 0 spiro atoms. The minimum Gasteiger partial charge on any atom is -0.495 e. The van der Waals surface area contributed by atoms with Crippen molar-refractivity contribution in [3.8, 4) is 5.75 Å². The molecule has 1 aliphatic heterocycles. The van der Waals surface area contributed by atoms with Crippen LogP contribution in [0.25, 0.3) is 0 Å². The van der Waals surface area contributed by atoms with Crippen LogP contribution in [0.3, 0.4) is 0 Å². The van der Waals surface area contributed by atoms with Crippen molar-refractivity contribution in [1.82, 2.24) is 15.7 Å². The molecule has 3 amide bonds. The van der Waals surface area contributed by atoms with Gasteiger partial charge in [0.15, 0.2) is 2.82 Å². The average molecular weight is 403 g/mol. The third-order valence-corrected chi connectivity index (χ3v) is 4.37. The van der Waals surface area contributed by atoms with E-state index in [0.717, 1.165) is 5.69 Å². The molecule has 2 aromatic rings. The third-order valence-electron chi connectivity index (χ3n) is 4.37. The van der Waals surface area contributed by atoms with Crippen molar-refractivity contribution in [3.05, 3.63) is 54.6 Å². The second-order valence-electron chi connectivity index (χ2n) is 6.27. The lowest BCUT2D eigenvalue weighted by atomic mass is 10.2. The molecule has 1 atom stereocenters. The first-order valence-corrected chi connectivity index (χ1v) is 9.19. The van der Waals surface area contributed by atoms with Gasteiger partial charge in [0.05, 0.1) is 12.8 Å². The largest absolute Gasteiger partial charge is 0.495 e. The molecular formula is C21H27N5O3. The molecule has 2 aromatic carbocycles. The maximum atomic E-state index is 12.7. The van der Waals surface area contributed by atoms with Gasteiger partial charge in [-0.2, -0.15) is 0 Å². The smallest absolute Gasteiger partial charge is 0.337 e. The Morgan fingerprint density at radius 2 is 1.72 bits per heavy atom. The standard InChI is InChI=1S/C21H27N5O3/c1-29-19-10-6-5-9-18(19)26-15-13-25(14-16-26)12-11-20(27)23-24-21(28)22-17-7-3-2-4-8-17/h2-10H,11-16H2,1H3,(H,23,27)(H2,22,24,28)/i11D2,12D/hD2. The first-order chi connectivity index (χ1) is 16.2. The van der Waals surface area contributed by atoms with Gasteiger partial charge in [0.1, 0.15) is 5.75 Å². The summed E-state index contributed by atoms with van der Waals surface area (Å²) in [6, 6.07) is 14.6. The Morgan fingerprint density at radius 1 is 1.03 bits per heavy atom. The molecule has 0 radical (unpaired) electrons. The second-order valence-corrected chi connectivity index (χ2v) is 6.27. The van der Waals surface area contributed by atoms with Crippen LogP contribution in [-0.4, -0.2) is 56.6 Å². The lowest BCUT2D eigenvalue weighted by Crippen LogP contribution is -2.48. The topological polar surface area (TPSA) is 85.9 Å². The van der Waals surface area contributed by atoms with E-state index >= 15 is 0 Å². The monoisotopic (exact) mass is 402 g/mol. The van der Waals surface area contributed by atoms with E-state index in [-0.39, 0.29) is 10.8 Å². The minimum atomic E-state index is -2.83. The SMILES string of the molecule is [2H]C(N1CCN(c2ccccc2OC)CC1)C([2H])([2H])C(=O)N([2H])N([2H])C(=O)Nc1ccccc1. The number of methoxy groups -OCH3 is 1. The van der Waals surface area contributed by atoms with Crippen LogP contribution in [-0.2, 0) is 4.79 Å². The van der Waals surface area contributed by atoms with Crippen LogP contribution in [0.1, 0.15) is 10.5 Å². The summed E-state index contributed by atoms with van der Waals surface area (Å²) in [6.45, 7) is -0.0616. The van der Waals surface area contributed by atoms with Gasteiger partial charge in [-0.05, 0) is 24.3 Å². The number of hydrogen-bond donors (Lipinski definition) is 3. The van der Waals surface area contributed by atoms with E-state index in [9.17, 15) is 9.59 Å². The van der Waals surface area contributed by atoms with E-state index in [2.05, 4.69) is 10.2 Å². The summed E-state index contributed by atoms with van der Waals surface area (Å²) in [5, 5.41) is 2.34. The molecule has 1 saturated heterocycles. The highest BCUT2D eigenvalue weighted by Gasteiger charge is 2.19. The Balaban J connectivity index is 1.61. The number of urea groups is 1. The number of hydrogen-bond acceptors (Lipinski definition) is 5. The number of carbonyl (C=O) groups excluding carboxylic acids is 2. The van der Waals surface area contributed by atoms with Crippen molar-refractivity contribution in [1.29, 1.82) is 0 Å². The normalized spacial score (nSPS) is 18.2. The van der Waals surface area contributed by atoms with Crippen LogP contribution in [0.15, 0.2) is 54.6 Å². The number of nitrogens with one attached hydrogen (secondary N) is 3. The van der Waals surface area contributed by atoms with Crippen LogP contribution >= 0.6 is 0 Å². The highest BCUT2D eigenvalue weighted by molar-refractivity contribution is 5.90. The van der Waals surface area contributed by atoms with Gasteiger partial charge in [-0.3, -0.25) is 15.1 Å². The van der Waals surface area contributed by atoms with Gasteiger partial charge in [0, 0.05) is 48.9 Å². The van der Waals surface area contributed by atoms with Crippen molar-refractivity contribution in [2.45, 2.75) is 6.37 Å². The molecule has 1 heterocycles. The number of ether oxygens (including phenoxy) is 1. The van der Waals surface area contributed by atoms with Crippen molar-refractivity contribution in [2.24, 2.45) is 0 Å². The van der Waals surface area contributed by atoms with E-state index < -0.39 is 24.8 Å². The molecule has 0 saturated carbocycles. The molecule has 0 bridgehead atoms. The Labute approximate surface area is 177 Å². The van der Waals surface area contributed by atoms with Crippen LogP contribution in [0, 0.1) is 0 Å². The molecule has 29 heavy (non-hydrogen) atoms. The lowest BCUT2D eigenvalue weighted by Gasteiger charge is -2.36. The Hall–Kier alpha value is -3.26. The first-order valence-electron chi connectivity index (χ1n) is 11.7. The summed E-state index contributed by atoms with van der Waals surface area (Å²) in [4.78, 5) is 28.4. The number of piperazine rings is 1. The van der Waals surface area contributed by atoms with Crippen molar-refractivity contribution in [3.63, 3.8) is 0 Å². The molecule has 1 fully saturated rings. The van der Waals surface area contributed by atoms with Crippen LogP contribution in [0.4, 0.5) is 16.2 Å². The Kier molecular flexibility index (Phi) is 5.24. The average Bonchev–Trinajstić information content (AvgIpc) is 2.87. The van der Waals surface area contributed by atoms with E-state index in [1.165, 1.54) is 4.90 Å². The molecule has 8 heteroatoms. The molecule has 0 aromatic heterocycles. The molecule has 8 nitrogen and oxygen atoms in total. The molecule has 0 aliphatic carbocycles. The number of anilines is 2. The second kappa shape index (κ2) is 10.3. The molecule has 1 unspecified atom stereocenters. The van der Waals surface area contributed by atoms with E-state index in [0.29, 0.717) is 37.6 Å². The van der Waals surface area contributed by atoms with Crippen molar-refractivity contribution in [2.75, 3.05) is 50.0 Å². The van der Waals surface area contributed by atoms with E-state index in [1.807, 2.05) is 24.3 Å². The third kappa shape index (κ3) is 6.11. The summed E-state index contributed by atoms with van der Waals surface area (Å²) in [6.07, 6.45) is -2.83. The summed E-state index contributed by atoms with van der Waals surface area (Å²) in [7, 11) is 1.58. The van der Waals surface area contributed by atoms with Gasteiger partial charge >= 0.3 is 6.03 Å². The number of benzene rings is 2. The first kappa shape index (κ1) is 14.7.